The molecule has 7 nitrogen and oxygen atoms in total. The number of amides is 2. The second-order valence-corrected chi connectivity index (χ2v) is 7.13. The molecule has 0 spiro atoms. The number of nitrogens with zero attached hydrogens (tertiary/aromatic N) is 1. The van der Waals surface area contributed by atoms with E-state index in [1.54, 1.807) is 23.6 Å². The van der Waals surface area contributed by atoms with Gasteiger partial charge in [0.05, 0.1) is 11.6 Å². The average molecular weight is 373 g/mol. The van der Waals surface area contributed by atoms with Gasteiger partial charge in [-0.05, 0) is 49.3 Å². The Labute approximate surface area is 154 Å². The van der Waals surface area contributed by atoms with Crippen molar-refractivity contribution in [3.63, 3.8) is 0 Å². The van der Waals surface area contributed by atoms with E-state index in [-0.39, 0.29) is 23.8 Å². The number of thiophene rings is 1. The number of pyridine rings is 1. The lowest BCUT2D eigenvalue weighted by molar-refractivity contribution is -0.142. The van der Waals surface area contributed by atoms with Crippen molar-refractivity contribution in [1.29, 1.82) is 0 Å². The molecule has 1 saturated carbocycles. The van der Waals surface area contributed by atoms with E-state index in [9.17, 15) is 14.4 Å². The monoisotopic (exact) mass is 373 g/mol. The van der Waals surface area contributed by atoms with Crippen LogP contribution in [0.5, 0.6) is 0 Å². The first-order chi connectivity index (χ1) is 12.5. The number of hydrogen-bond acceptors (Lipinski definition) is 5. The molecule has 2 aromatic rings. The fourth-order valence-corrected chi connectivity index (χ4v) is 3.77. The maximum atomic E-state index is 12.5. The summed E-state index contributed by atoms with van der Waals surface area (Å²) in [6.07, 6.45) is 5.49. The number of anilines is 1. The summed E-state index contributed by atoms with van der Waals surface area (Å²) in [7, 11) is 0. The minimum Gasteiger partial charge on any atom is -0.481 e. The summed E-state index contributed by atoms with van der Waals surface area (Å²) in [6, 6.07) is 4.86. The predicted octanol–water partition coefficient (Wildman–Crippen LogP) is 2.77. The summed E-state index contributed by atoms with van der Waals surface area (Å²) in [5.74, 6) is -1.64. The molecule has 1 fully saturated rings. The van der Waals surface area contributed by atoms with Gasteiger partial charge in [-0.1, -0.05) is 0 Å². The molecule has 8 heteroatoms. The van der Waals surface area contributed by atoms with Crippen LogP contribution in [0.3, 0.4) is 0 Å². The van der Waals surface area contributed by atoms with Crippen LogP contribution in [0.2, 0.25) is 0 Å². The Hall–Kier alpha value is -2.74. The molecule has 0 saturated heterocycles. The molecular weight excluding hydrogens is 354 g/mol. The topological polar surface area (TPSA) is 108 Å². The normalized spacial score (nSPS) is 19.5. The predicted molar refractivity (Wildman–Crippen MR) is 97.4 cm³/mol. The van der Waals surface area contributed by atoms with Crippen molar-refractivity contribution in [2.45, 2.75) is 31.7 Å². The van der Waals surface area contributed by atoms with Gasteiger partial charge in [0.15, 0.2) is 0 Å². The van der Waals surface area contributed by atoms with Crippen LogP contribution in [0.1, 0.15) is 45.7 Å². The second-order valence-electron chi connectivity index (χ2n) is 6.21. The third kappa shape index (κ3) is 4.26. The molecule has 0 unspecified atom stereocenters. The van der Waals surface area contributed by atoms with Gasteiger partial charge in [-0.25, -0.2) is 0 Å². The molecular formula is C18H19N3O4S. The number of carbonyl (C=O) groups is 3. The first-order valence-corrected chi connectivity index (χ1v) is 9.25. The molecule has 26 heavy (non-hydrogen) atoms. The van der Waals surface area contributed by atoms with Crippen LogP contribution < -0.4 is 10.6 Å². The number of carboxylic acid groups (broad SMARTS) is 1. The Morgan fingerprint density at radius 2 is 1.73 bits per heavy atom. The molecule has 1 aliphatic rings. The first kappa shape index (κ1) is 18.1. The number of aromatic nitrogens is 1. The van der Waals surface area contributed by atoms with E-state index in [0.717, 1.165) is 0 Å². The number of carbonyl (C=O) groups excluding carboxylic acids is 2. The van der Waals surface area contributed by atoms with Crippen LogP contribution in [0.4, 0.5) is 5.69 Å². The van der Waals surface area contributed by atoms with Gasteiger partial charge in [-0.3, -0.25) is 19.4 Å². The second kappa shape index (κ2) is 8.09. The van der Waals surface area contributed by atoms with E-state index >= 15 is 0 Å². The highest BCUT2D eigenvalue weighted by Gasteiger charge is 2.27. The van der Waals surface area contributed by atoms with E-state index in [2.05, 4.69) is 15.6 Å². The van der Waals surface area contributed by atoms with Crippen molar-refractivity contribution in [3.05, 3.63) is 46.4 Å². The Balaban J connectivity index is 1.60. The van der Waals surface area contributed by atoms with Crippen molar-refractivity contribution in [2.75, 3.05) is 5.32 Å². The maximum Gasteiger partial charge on any atom is 0.306 e. The van der Waals surface area contributed by atoms with Crippen molar-refractivity contribution >= 4 is 34.8 Å². The van der Waals surface area contributed by atoms with Gasteiger partial charge in [-0.15, -0.1) is 11.3 Å². The smallest absolute Gasteiger partial charge is 0.306 e. The van der Waals surface area contributed by atoms with Crippen LogP contribution in [0.15, 0.2) is 36.0 Å². The van der Waals surface area contributed by atoms with Gasteiger partial charge in [0.1, 0.15) is 4.88 Å². The minimum atomic E-state index is -0.769. The maximum absolute atomic E-state index is 12.5. The van der Waals surface area contributed by atoms with E-state index in [1.807, 2.05) is 0 Å². The Morgan fingerprint density at radius 1 is 1.04 bits per heavy atom. The summed E-state index contributed by atoms with van der Waals surface area (Å²) < 4.78 is 0. The highest BCUT2D eigenvalue weighted by atomic mass is 32.1. The lowest BCUT2D eigenvalue weighted by Gasteiger charge is -2.26. The molecule has 2 aromatic heterocycles. The molecule has 0 radical (unpaired) electrons. The fourth-order valence-electron chi connectivity index (χ4n) is 3.02. The lowest BCUT2D eigenvalue weighted by Crippen LogP contribution is -2.38. The van der Waals surface area contributed by atoms with Crippen molar-refractivity contribution in [2.24, 2.45) is 5.92 Å². The number of nitrogens with one attached hydrogen (secondary N) is 2. The van der Waals surface area contributed by atoms with E-state index in [1.165, 1.54) is 23.7 Å². The fraction of sp³-hybridized carbons (Fsp3) is 0.333. The lowest BCUT2D eigenvalue weighted by atomic mass is 9.86. The SMILES string of the molecule is O=C(Nc1ccsc1C(=O)NC1CCC(C(=O)O)CC1)c1ccncc1. The molecule has 0 atom stereocenters. The molecule has 136 valence electrons. The van der Waals surface area contributed by atoms with Crippen LogP contribution in [-0.2, 0) is 4.79 Å². The first-order valence-electron chi connectivity index (χ1n) is 8.37. The summed E-state index contributed by atoms with van der Waals surface area (Å²) in [5, 5.41) is 16.5. The van der Waals surface area contributed by atoms with Gasteiger partial charge in [0, 0.05) is 24.0 Å². The summed E-state index contributed by atoms with van der Waals surface area (Å²) >= 11 is 1.26. The van der Waals surface area contributed by atoms with Crippen molar-refractivity contribution in [1.82, 2.24) is 10.3 Å². The molecule has 3 N–H and O–H groups in total. The average Bonchev–Trinajstić information content (AvgIpc) is 3.11. The van der Waals surface area contributed by atoms with Crippen LogP contribution >= 0.6 is 11.3 Å². The Morgan fingerprint density at radius 3 is 2.38 bits per heavy atom. The van der Waals surface area contributed by atoms with Gasteiger partial charge in [0.2, 0.25) is 0 Å². The van der Waals surface area contributed by atoms with E-state index in [4.69, 9.17) is 5.11 Å². The van der Waals surface area contributed by atoms with E-state index in [0.29, 0.717) is 41.8 Å². The number of carboxylic acids is 1. The van der Waals surface area contributed by atoms with Crippen LogP contribution in [-0.4, -0.2) is 33.9 Å². The zero-order valence-corrected chi connectivity index (χ0v) is 14.8. The van der Waals surface area contributed by atoms with Gasteiger partial charge >= 0.3 is 5.97 Å². The molecule has 2 amide bonds. The number of rotatable bonds is 5. The molecule has 0 aliphatic heterocycles. The summed E-state index contributed by atoms with van der Waals surface area (Å²) in [4.78, 5) is 40.1. The molecule has 1 aliphatic carbocycles. The molecule has 0 bridgehead atoms. The van der Waals surface area contributed by atoms with Crippen molar-refractivity contribution < 1.29 is 19.5 Å². The molecule has 3 rings (SSSR count). The van der Waals surface area contributed by atoms with E-state index < -0.39 is 5.97 Å². The zero-order valence-electron chi connectivity index (χ0n) is 14.0. The largest absolute Gasteiger partial charge is 0.481 e. The zero-order chi connectivity index (χ0) is 18.5. The van der Waals surface area contributed by atoms with Gasteiger partial charge < -0.3 is 15.7 Å². The third-order valence-electron chi connectivity index (χ3n) is 4.47. The standard InChI is InChI=1S/C18H19N3O4S/c22-16(11-5-8-19-9-6-11)21-14-7-10-26-15(14)17(23)20-13-3-1-12(2-4-13)18(24)25/h5-10,12-13H,1-4H2,(H,20,23)(H,21,22)(H,24,25). The third-order valence-corrected chi connectivity index (χ3v) is 5.39. The highest BCUT2D eigenvalue weighted by molar-refractivity contribution is 7.12. The summed E-state index contributed by atoms with van der Waals surface area (Å²) in [5.41, 5.74) is 0.929. The molecule has 0 aromatic carbocycles. The van der Waals surface area contributed by atoms with Gasteiger partial charge in [-0.2, -0.15) is 0 Å². The quantitative estimate of drug-likeness (QED) is 0.747. The van der Waals surface area contributed by atoms with Crippen LogP contribution in [0, 0.1) is 5.92 Å². The number of aliphatic carboxylic acids is 1. The highest BCUT2D eigenvalue weighted by Crippen LogP contribution is 2.27. The summed E-state index contributed by atoms with van der Waals surface area (Å²) in [6.45, 7) is 0. The van der Waals surface area contributed by atoms with Crippen LogP contribution in [0.25, 0.3) is 0 Å². The van der Waals surface area contributed by atoms with Crippen molar-refractivity contribution in [3.8, 4) is 0 Å². The number of hydrogen-bond donors (Lipinski definition) is 3. The Bertz CT molecular complexity index is 798. The molecule has 2 heterocycles. The van der Waals surface area contributed by atoms with Gasteiger partial charge in [0.25, 0.3) is 11.8 Å². The minimum absolute atomic E-state index is 0.0380. The Kier molecular flexibility index (Phi) is 5.62.